The Morgan fingerprint density at radius 3 is 2.76 bits per heavy atom. The SMILES string of the molecule is C=CCc1cc(C(=O)Nc2cccc(OCc3cn4ccccc4n3)c2)cc(OC)c1OC. The molecule has 0 aliphatic rings. The van der Waals surface area contributed by atoms with Crippen LogP contribution in [0.2, 0.25) is 0 Å². The fourth-order valence-electron chi connectivity index (χ4n) is 3.56. The van der Waals surface area contributed by atoms with Gasteiger partial charge in [0.25, 0.3) is 5.91 Å². The van der Waals surface area contributed by atoms with Gasteiger partial charge < -0.3 is 23.9 Å². The van der Waals surface area contributed by atoms with E-state index in [1.165, 1.54) is 0 Å². The van der Waals surface area contributed by atoms with Crippen LogP contribution in [0.15, 0.2) is 79.6 Å². The van der Waals surface area contributed by atoms with Crippen LogP contribution < -0.4 is 19.5 Å². The van der Waals surface area contributed by atoms with Gasteiger partial charge in [-0.3, -0.25) is 4.79 Å². The quantitative estimate of drug-likeness (QED) is 0.372. The number of fused-ring (bicyclic) bond motifs is 1. The van der Waals surface area contributed by atoms with E-state index in [9.17, 15) is 4.79 Å². The van der Waals surface area contributed by atoms with Crippen molar-refractivity contribution in [3.63, 3.8) is 0 Å². The summed E-state index contributed by atoms with van der Waals surface area (Å²) >= 11 is 0. The van der Waals surface area contributed by atoms with Gasteiger partial charge in [-0.15, -0.1) is 6.58 Å². The molecule has 168 valence electrons. The van der Waals surface area contributed by atoms with Crippen molar-refractivity contribution in [2.75, 3.05) is 19.5 Å². The van der Waals surface area contributed by atoms with Crippen LogP contribution in [0.25, 0.3) is 5.65 Å². The second-order valence-corrected chi connectivity index (χ2v) is 7.33. The minimum Gasteiger partial charge on any atom is -0.493 e. The van der Waals surface area contributed by atoms with Crippen molar-refractivity contribution < 1.29 is 19.0 Å². The molecule has 7 nitrogen and oxygen atoms in total. The van der Waals surface area contributed by atoms with Gasteiger partial charge in [0.15, 0.2) is 11.5 Å². The summed E-state index contributed by atoms with van der Waals surface area (Å²) in [6, 6.07) is 16.5. The minimum atomic E-state index is -0.265. The number of allylic oxidation sites excluding steroid dienone is 1. The zero-order chi connectivity index (χ0) is 23.2. The van der Waals surface area contributed by atoms with Gasteiger partial charge >= 0.3 is 0 Å². The Morgan fingerprint density at radius 2 is 2.00 bits per heavy atom. The van der Waals surface area contributed by atoms with Gasteiger partial charge in [0.1, 0.15) is 18.0 Å². The number of carbonyl (C=O) groups excluding carboxylic acids is 1. The normalized spacial score (nSPS) is 10.6. The summed E-state index contributed by atoms with van der Waals surface area (Å²) in [5, 5.41) is 2.92. The zero-order valence-electron chi connectivity index (χ0n) is 18.6. The average molecular weight is 444 g/mol. The Balaban J connectivity index is 1.48. The van der Waals surface area contributed by atoms with Crippen molar-refractivity contribution in [2.24, 2.45) is 0 Å². The number of methoxy groups -OCH3 is 2. The molecular formula is C26H25N3O4. The van der Waals surface area contributed by atoms with Crippen molar-refractivity contribution in [3.8, 4) is 17.2 Å². The lowest BCUT2D eigenvalue weighted by atomic mass is 10.0. The average Bonchev–Trinajstić information content (AvgIpc) is 3.26. The molecule has 2 aromatic heterocycles. The smallest absolute Gasteiger partial charge is 0.255 e. The van der Waals surface area contributed by atoms with Gasteiger partial charge in [0.2, 0.25) is 0 Å². The fraction of sp³-hybridized carbons (Fsp3) is 0.154. The highest BCUT2D eigenvalue weighted by atomic mass is 16.5. The number of hydrogen-bond donors (Lipinski definition) is 1. The number of carbonyl (C=O) groups is 1. The summed E-state index contributed by atoms with van der Waals surface area (Å²) in [5.41, 5.74) is 3.58. The van der Waals surface area contributed by atoms with E-state index in [0.717, 1.165) is 16.9 Å². The van der Waals surface area contributed by atoms with E-state index in [1.54, 1.807) is 44.6 Å². The number of nitrogens with one attached hydrogen (secondary N) is 1. The number of aromatic nitrogens is 2. The van der Waals surface area contributed by atoms with Crippen molar-refractivity contribution in [1.29, 1.82) is 0 Å². The maximum Gasteiger partial charge on any atom is 0.255 e. The first-order valence-corrected chi connectivity index (χ1v) is 10.4. The Hall–Kier alpha value is -4.26. The minimum absolute atomic E-state index is 0.265. The Kier molecular flexibility index (Phi) is 6.59. The van der Waals surface area contributed by atoms with Crippen molar-refractivity contribution >= 4 is 17.2 Å². The topological polar surface area (TPSA) is 74.1 Å². The van der Waals surface area contributed by atoms with Gasteiger partial charge in [-0.05, 0) is 42.8 Å². The molecule has 4 aromatic rings. The highest BCUT2D eigenvalue weighted by Crippen LogP contribution is 2.33. The lowest BCUT2D eigenvalue weighted by Crippen LogP contribution is -2.13. The largest absolute Gasteiger partial charge is 0.493 e. The molecule has 0 fully saturated rings. The summed E-state index contributed by atoms with van der Waals surface area (Å²) < 4.78 is 18.7. The first kappa shape index (κ1) is 22.0. The van der Waals surface area contributed by atoms with E-state index in [2.05, 4.69) is 16.9 Å². The number of imidazole rings is 1. The van der Waals surface area contributed by atoms with E-state index >= 15 is 0 Å². The van der Waals surface area contributed by atoms with Crippen molar-refractivity contribution in [1.82, 2.24) is 9.38 Å². The van der Waals surface area contributed by atoms with Gasteiger partial charge in [-0.2, -0.15) is 0 Å². The summed E-state index contributed by atoms with van der Waals surface area (Å²) in [6.45, 7) is 4.09. The highest BCUT2D eigenvalue weighted by Gasteiger charge is 2.16. The predicted octanol–water partition coefficient (Wildman–Crippen LogP) is 4.91. The molecule has 0 saturated heterocycles. The summed E-state index contributed by atoms with van der Waals surface area (Å²) in [7, 11) is 3.11. The van der Waals surface area contributed by atoms with Crippen LogP contribution in [0.4, 0.5) is 5.69 Å². The summed E-state index contributed by atoms with van der Waals surface area (Å²) in [6.07, 6.45) is 6.17. The van der Waals surface area contributed by atoms with Crippen LogP contribution in [0.3, 0.4) is 0 Å². The lowest BCUT2D eigenvalue weighted by Gasteiger charge is -2.14. The van der Waals surface area contributed by atoms with Gasteiger partial charge in [0, 0.05) is 35.3 Å². The highest BCUT2D eigenvalue weighted by molar-refractivity contribution is 6.05. The van der Waals surface area contributed by atoms with E-state index in [0.29, 0.717) is 41.5 Å². The number of pyridine rings is 1. The van der Waals surface area contributed by atoms with E-state index in [-0.39, 0.29) is 5.91 Å². The predicted molar refractivity (Wildman–Crippen MR) is 127 cm³/mol. The molecule has 0 radical (unpaired) electrons. The van der Waals surface area contributed by atoms with Crippen LogP contribution in [-0.2, 0) is 13.0 Å². The van der Waals surface area contributed by atoms with E-state index in [1.807, 2.05) is 47.1 Å². The van der Waals surface area contributed by atoms with Crippen LogP contribution in [0.1, 0.15) is 21.6 Å². The molecule has 2 aromatic carbocycles. The molecule has 7 heteroatoms. The molecule has 0 unspecified atom stereocenters. The Morgan fingerprint density at radius 1 is 1.12 bits per heavy atom. The van der Waals surface area contributed by atoms with Crippen LogP contribution in [0, 0.1) is 0 Å². The van der Waals surface area contributed by atoms with Crippen LogP contribution in [0.5, 0.6) is 17.2 Å². The number of ether oxygens (including phenoxy) is 3. The Labute approximate surface area is 192 Å². The third-order valence-electron chi connectivity index (χ3n) is 5.07. The van der Waals surface area contributed by atoms with Gasteiger partial charge in [0.05, 0.1) is 19.9 Å². The molecule has 1 N–H and O–H groups in total. The number of nitrogens with zero attached hydrogens (tertiary/aromatic N) is 2. The molecule has 0 aliphatic heterocycles. The standard InChI is InChI=1S/C26H25N3O4/c1-4-8-18-13-19(14-23(31-2)25(18)32-3)26(30)28-20-9-7-10-22(15-20)33-17-21-16-29-12-6-5-11-24(29)27-21/h4-7,9-16H,1,8,17H2,2-3H3,(H,28,30). The van der Waals surface area contributed by atoms with Crippen LogP contribution >= 0.6 is 0 Å². The van der Waals surface area contributed by atoms with Crippen molar-refractivity contribution in [3.05, 3.63) is 96.5 Å². The fourth-order valence-corrected chi connectivity index (χ4v) is 3.56. The summed E-state index contributed by atoms with van der Waals surface area (Å²) in [4.78, 5) is 17.5. The third-order valence-corrected chi connectivity index (χ3v) is 5.07. The molecule has 0 bridgehead atoms. The molecule has 0 spiro atoms. The zero-order valence-corrected chi connectivity index (χ0v) is 18.6. The maximum atomic E-state index is 12.9. The molecule has 0 atom stereocenters. The van der Waals surface area contributed by atoms with E-state index in [4.69, 9.17) is 14.2 Å². The second kappa shape index (κ2) is 9.91. The van der Waals surface area contributed by atoms with Gasteiger partial charge in [-0.25, -0.2) is 4.98 Å². The number of anilines is 1. The molecule has 0 aliphatic carbocycles. The molecule has 1 amide bonds. The molecule has 0 saturated carbocycles. The Bertz CT molecular complexity index is 1260. The maximum absolute atomic E-state index is 12.9. The second-order valence-electron chi connectivity index (χ2n) is 7.33. The molecule has 33 heavy (non-hydrogen) atoms. The molecular weight excluding hydrogens is 418 g/mol. The number of rotatable bonds is 9. The van der Waals surface area contributed by atoms with E-state index < -0.39 is 0 Å². The first-order chi connectivity index (χ1) is 16.1. The van der Waals surface area contributed by atoms with Crippen molar-refractivity contribution in [2.45, 2.75) is 13.0 Å². The number of hydrogen-bond acceptors (Lipinski definition) is 5. The monoisotopic (exact) mass is 443 g/mol. The lowest BCUT2D eigenvalue weighted by molar-refractivity contribution is 0.102. The summed E-state index contributed by atoms with van der Waals surface area (Å²) in [5.74, 6) is 1.45. The molecule has 4 rings (SSSR count). The third kappa shape index (κ3) is 4.98. The first-order valence-electron chi connectivity index (χ1n) is 10.4. The molecule has 2 heterocycles. The van der Waals surface area contributed by atoms with Crippen LogP contribution in [-0.4, -0.2) is 29.5 Å². The van der Waals surface area contributed by atoms with Gasteiger partial charge in [-0.1, -0.05) is 18.2 Å². The number of benzene rings is 2. The number of amides is 1.